The van der Waals surface area contributed by atoms with E-state index in [0.29, 0.717) is 26.1 Å². The maximum atomic E-state index is 10.4. The Kier molecular flexibility index (Phi) is 4.04. The lowest BCUT2D eigenvalue weighted by Gasteiger charge is -2.04. The van der Waals surface area contributed by atoms with Crippen molar-refractivity contribution >= 4 is 56.1 Å². The Morgan fingerprint density at radius 2 is 1.82 bits per heavy atom. The zero-order valence-electron chi connectivity index (χ0n) is 11.0. The Labute approximate surface area is 140 Å². The molecule has 0 aliphatic carbocycles. The second-order valence-corrected chi connectivity index (χ2v) is 6.27. The van der Waals surface area contributed by atoms with E-state index in [9.17, 15) is 10.4 Å². The molecule has 3 nitrogen and oxygen atoms in total. The van der Waals surface area contributed by atoms with Gasteiger partial charge in [-0.25, -0.2) is 4.98 Å². The molecule has 2 aromatic carbocycles. The summed E-state index contributed by atoms with van der Waals surface area (Å²) < 4.78 is 0.849. The van der Waals surface area contributed by atoms with Crippen molar-refractivity contribution in [3.8, 4) is 6.07 Å². The third kappa shape index (κ3) is 2.55. The van der Waals surface area contributed by atoms with Gasteiger partial charge in [0.1, 0.15) is 27.9 Å². The molecule has 0 unspecified atom stereocenters. The molecule has 0 saturated carbocycles. The van der Waals surface area contributed by atoms with Gasteiger partial charge in [0, 0.05) is 5.56 Å². The fourth-order valence-electron chi connectivity index (χ4n) is 2.01. The van der Waals surface area contributed by atoms with Crippen LogP contribution < -0.4 is 0 Å². The zero-order chi connectivity index (χ0) is 15.7. The second-order valence-electron chi connectivity index (χ2n) is 4.42. The van der Waals surface area contributed by atoms with Gasteiger partial charge in [0.2, 0.25) is 0 Å². The monoisotopic (exact) mass is 346 g/mol. The quantitative estimate of drug-likeness (QED) is 0.488. The summed E-state index contributed by atoms with van der Waals surface area (Å²) in [6, 6.07) is 14.2. The number of benzene rings is 2. The predicted octanol–water partition coefficient (Wildman–Crippen LogP) is 5.55. The zero-order valence-corrected chi connectivity index (χ0v) is 13.4. The van der Waals surface area contributed by atoms with Crippen LogP contribution in [0.4, 0.5) is 0 Å². The lowest BCUT2D eigenvalue weighted by Crippen LogP contribution is -1.90. The summed E-state index contributed by atoms with van der Waals surface area (Å²) >= 11 is 13.5. The highest BCUT2D eigenvalue weighted by molar-refractivity contribution is 7.19. The van der Waals surface area contributed by atoms with Gasteiger partial charge in [-0.3, -0.25) is 0 Å². The Morgan fingerprint density at radius 1 is 1.09 bits per heavy atom. The van der Waals surface area contributed by atoms with E-state index in [1.165, 1.54) is 11.3 Å². The van der Waals surface area contributed by atoms with Gasteiger partial charge in [0.25, 0.3) is 0 Å². The molecule has 0 fully saturated rings. The van der Waals surface area contributed by atoms with E-state index in [4.69, 9.17) is 23.2 Å². The molecule has 0 atom stereocenters. The van der Waals surface area contributed by atoms with Gasteiger partial charge >= 0.3 is 0 Å². The van der Waals surface area contributed by atoms with Crippen LogP contribution in [0.2, 0.25) is 10.0 Å². The minimum absolute atomic E-state index is 0.0744. The molecule has 0 radical (unpaired) electrons. The normalized spacial score (nSPS) is 12.0. The molecule has 6 heteroatoms. The topological polar surface area (TPSA) is 56.9 Å². The smallest absolute Gasteiger partial charge is 0.145 e. The molecular weight excluding hydrogens is 339 g/mol. The van der Waals surface area contributed by atoms with Crippen LogP contribution in [0.3, 0.4) is 0 Å². The fourth-order valence-corrected chi connectivity index (χ4v) is 3.50. The number of hydrogen-bond donors (Lipinski definition) is 1. The first-order valence-electron chi connectivity index (χ1n) is 6.25. The third-order valence-corrected chi connectivity index (χ3v) is 4.73. The Hall–Kier alpha value is -2.06. The number of allylic oxidation sites excluding steroid dienone is 1. The summed E-state index contributed by atoms with van der Waals surface area (Å²) in [5.41, 5.74) is 1.08. The number of para-hydroxylation sites is 1. The molecule has 0 aliphatic rings. The highest BCUT2D eigenvalue weighted by Crippen LogP contribution is 2.34. The molecule has 1 heterocycles. The van der Waals surface area contributed by atoms with Crippen LogP contribution in [0.15, 0.2) is 42.5 Å². The van der Waals surface area contributed by atoms with Crippen LogP contribution in [0, 0.1) is 11.3 Å². The van der Waals surface area contributed by atoms with Crippen LogP contribution in [-0.4, -0.2) is 10.1 Å². The van der Waals surface area contributed by atoms with Gasteiger partial charge in [0.05, 0.1) is 14.7 Å². The molecule has 0 spiro atoms. The van der Waals surface area contributed by atoms with Crippen LogP contribution in [0.25, 0.3) is 21.5 Å². The predicted molar refractivity (Wildman–Crippen MR) is 91.1 cm³/mol. The standard InChI is InChI=1S/C16H8Cl2N2OS/c17-11-5-2-1-4-9(11)15(21)10(8-19)16-20-14-12(18)6-3-7-13(14)22-16/h1-7,21H. The van der Waals surface area contributed by atoms with Crippen LogP contribution in [-0.2, 0) is 0 Å². The number of aliphatic hydroxyl groups is 1. The largest absolute Gasteiger partial charge is 0.506 e. The Balaban J connectivity index is 2.22. The molecular formula is C16H8Cl2N2OS. The average Bonchev–Trinajstić information content (AvgIpc) is 2.93. The van der Waals surface area contributed by atoms with Crippen molar-refractivity contribution in [3.05, 3.63) is 63.1 Å². The first kappa shape index (κ1) is 14.9. The molecule has 0 bridgehead atoms. The third-order valence-electron chi connectivity index (χ3n) is 3.06. The summed E-state index contributed by atoms with van der Waals surface area (Å²) in [5, 5.41) is 21.1. The number of halogens is 2. The molecule has 1 aromatic heterocycles. The van der Waals surface area contributed by atoms with E-state index < -0.39 is 0 Å². The van der Waals surface area contributed by atoms with Gasteiger partial charge in [-0.1, -0.05) is 41.4 Å². The molecule has 3 rings (SSSR count). The number of fused-ring (bicyclic) bond motifs is 1. The van der Waals surface area contributed by atoms with Crippen molar-refractivity contribution < 1.29 is 5.11 Å². The highest BCUT2D eigenvalue weighted by atomic mass is 35.5. The fraction of sp³-hybridized carbons (Fsp3) is 0. The number of aromatic nitrogens is 1. The van der Waals surface area contributed by atoms with Crippen molar-refractivity contribution in [1.29, 1.82) is 5.26 Å². The molecule has 0 saturated heterocycles. The van der Waals surface area contributed by atoms with Gasteiger partial charge < -0.3 is 5.11 Å². The second kappa shape index (κ2) is 5.98. The highest BCUT2D eigenvalue weighted by Gasteiger charge is 2.17. The number of aliphatic hydroxyl groups excluding tert-OH is 1. The SMILES string of the molecule is N#CC(=C(O)c1ccccc1Cl)c1nc2c(Cl)cccc2s1. The number of rotatable bonds is 2. The minimum Gasteiger partial charge on any atom is -0.506 e. The van der Waals surface area contributed by atoms with Crippen LogP contribution >= 0.6 is 34.5 Å². The van der Waals surface area contributed by atoms with Crippen molar-refractivity contribution in [3.63, 3.8) is 0 Å². The Bertz CT molecular complexity index is 941. The van der Waals surface area contributed by atoms with Crippen molar-refractivity contribution in [1.82, 2.24) is 4.98 Å². The van der Waals surface area contributed by atoms with E-state index >= 15 is 0 Å². The minimum atomic E-state index is -0.191. The van der Waals surface area contributed by atoms with E-state index in [1.807, 2.05) is 18.2 Å². The van der Waals surface area contributed by atoms with E-state index in [0.717, 1.165) is 4.70 Å². The van der Waals surface area contributed by atoms with Gasteiger partial charge in [0.15, 0.2) is 0 Å². The van der Waals surface area contributed by atoms with Gasteiger partial charge in [-0.15, -0.1) is 11.3 Å². The first-order chi connectivity index (χ1) is 10.6. The van der Waals surface area contributed by atoms with Crippen molar-refractivity contribution in [2.75, 3.05) is 0 Å². The van der Waals surface area contributed by atoms with Crippen LogP contribution in [0.5, 0.6) is 0 Å². The van der Waals surface area contributed by atoms with Gasteiger partial charge in [-0.05, 0) is 24.3 Å². The first-order valence-corrected chi connectivity index (χ1v) is 7.82. The number of nitriles is 1. The number of thiazole rings is 1. The maximum absolute atomic E-state index is 10.4. The van der Waals surface area contributed by atoms with Gasteiger partial charge in [-0.2, -0.15) is 5.26 Å². The molecule has 108 valence electrons. The maximum Gasteiger partial charge on any atom is 0.145 e. The van der Waals surface area contributed by atoms with E-state index in [1.54, 1.807) is 30.3 Å². The summed E-state index contributed by atoms with van der Waals surface area (Å²) in [4.78, 5) is 4.36. The molecule has 0 aliphatic heterocycles. The molecule has 22 heavy (non-hydrogen) atoms. The van der Waals surface area contributed by atoms with Crippen molar-refractivity contribution in [2.24, 2.45) is 0 Å². The molecule has 1 N–H and O–H groups in total. The molecule has 0 amide bonds. The summed E-state index contributed by atoms with van der Waals surface area (Å²) in [7, 11) is 0. The van der Waals surface area contributed by atoms with E-state index in [2.05, 4.69) is 4.98 Å². The summed E-state index contributed by atoms with van der Waals surface area (Å²) in [6.45, 7) is 0. The van der Waals surface area contributed by atoms with Crippen LogP contribution in [0.1, 0.15) is 10.6 Å². The average molecular weight is 347 g/mol. The van der Waals surface area contributed by atoms with E-state index in [-0.39, 0.29) is 11.3 Å². The Morgan fingerprint density at radius 3 is 2.50 bits per heavy atom. The number of hydrogen-bond acceptors (Lipinski definition) is 4. The summed E-state index contributed by atoms with van der Waals surface area (Å²) in [5.74, 6) is -0.191. The molecule has 3 aromatic rings. The number of nitrogens with zero attached hydrogens (tertiary/aromatic N) is 2. The lowest BCUT2D eigenvalue weighted by molar-refractivity contribution is 0.514. The van der Waals surface area contributed by atoms with Crippen molar-refractivity contribution in [2.45, 2.75) is 0 Å². The lowest BCUT2D eigenvalue weighted by atomic mass is 10.1. The summed E-state index contributed by atoms with van der Waals surface area (Å²) in [6.07, 6.45) is 0.